The lowest BCUT2D eigenvalue weighted by Gasteiger charge is -2.15. The maximum Gasteiger partial charge on any atom is 0.272 e. The van der Waals surface area contributed by atoms with Gasteiger partial charge in [0, 0.05) is 29.1 Å². The Morgan fingerprint density at radius 3 is 2.77 bits per heavy atom. The minimum absolute atomic E-state index is 0.158. The van der Waals surface area contributed by atoms with Crippen molar-refractivity contribution in [2.75, 3.05) is 0 Å². The molecule has 3 aromatic rings. The zero-order valence-corrected chi connectivity index (χ0v) is 13.5. The molecule has 0 radical (unpaired) electrons. The predicted molar refractivity (Wildman–Crippen MR) is 87.1 cm³/mol. The lowest BCUT2D eigenvalue weighted by Crippen LogP contribution is -2.30. The van der Waals surface area contributed by atoms with Crippen molar-refractivity contribution in [3.63, 3.8) is 0 Å². The molecule has 0 fully saturated rings. The zero-order valence-electron chi connectivity index (χ0n) is 11.9. The van der Waals surface area contributed by atoms with E-state index >= 15 is 0 Å². The molecule has 0 aliphatic heterocycles. The molecule has 112 valence electrons. The SMILES string of the molecule is Cc1cnc(C(=O)N[C@@H](Cc2cccs2)c2nccs2)cn1. The molecule has 0 saturated carbocycles. The average molecular weight is 330 g/mol. The fraction of sp³-hybridized carbons (Fsp3) is 0.200. The van der Waals surface area contributed by atoms with E-state index in [0.29, 0.717) is 5.69 Å². The van der Waals surface area contributed by atoms with Gasteiger partial charge in [0.15, 0.2) is 0 Å². The Kier molecular flexibility index (Phi) is 4.55. The number of nitrogens with one attached hydrogen (secondary N) is 1. The molecule has 0 aromatic carbocycles. The highest BCUT2D eigenvalue weighted by Crippen LogP contribution is 2.23. The maximum atomic E-state index is 12.4. The Balaban J connectivity index is 1.77. The molecule has 22 heavy (non-hydrogen) atoms. The molecule has 1 N–H and O–H groups in total. The van der Waals surface area contributed by atoms with Crippen molar-refractivity contribution in [2.24, 2.45) is 0 Å². The summed E-state index contributed by atoms with van der Waals surface area (Å²) < 4.78 is 0. The van der Waals surface area contributed by atoms with Crippen molar-refractivity contribution < 1.29 is 4.79 Å². The topological polar surface area (TPSA) is 67.8 Å². The van der Waals surface area contributed by atoms with Crippen molar-refractivity contribution >= 4 is 28.6 Å². The normalized spacial score (nSPS) is 12.0. The van der Waals surface area contributed by atoms with E-state index in [2.05, 4.69) is 26.3 Å². The molecule has 0 unspecified atom stereocenters. The first-order valence-electron chi connectivity index (χ1n) is 6.73. The smallest absolute Gasteiger partial charge is 0.272 e. The van der Waals surface area contributed by atoms with E-state index in [0.717, 1.165) is 17.1 Å². The summed E-state index contributed by atoms with van der Waals surface area (Å²) in [5, 5.41) is 7.84. The van der Waals surface area contributed by atoms with Gasteiger partial charge in [-0.3, -0.25) is 9.78 Å². The number of rotatable bonds is 5. The quantitative estimate of drug-likeness (QED) is 0.781. The summed E-state index contributed by atoms with van der Waals surface area (Å²) >= 11 is 3.21. The van der Waals surface area contributed by atoms with E-state index in [9.17, 15) is 4.79 Å². The number of hydrogen-bond acceptors (Lipinski definition) is 6. The fourth-order valence-corrected chi connectivity index (χ4v) is 3.42. The molecule has 0 aliphatic rings. The Bertz CT molecular complexity index is 724. The van der Waals surface area contributed by atoms with Gasteiger partial charge in [0.2, 0.25) is 0 Å². The number of thiophene rings is 1. The van der Waals surface area contributed by atoms with Gasteiger partial charge in [0.25, 0.3) is 5.91 Å². The van der Waals surface area contributed by atoms with Gasteiger partial charge in [0.1, 0.15) is 10.7 Å². The van der Waals surface area contributed by atoms with Crippen molar-refractivity contribution in [3.8, 4) is 0 Å². The number of nitrogens with zero attached hydrogens (tertiary/aromatic N) is 3. The van der Waals surface area contributed by atoms with Crippen LogP contribution in [0, 0.1) is 6.92 Å². The molecule has 0 saturated heterocycles. The molecule has 7 heteroatoms. The second-order valence-corrected chi connectivity index (χ2v) is 6.68. The van der Waals surface area contributed by atoms with Crippen LogP contribution < -0.4 is 5.32 Å². The number of amides is 1. The summed E-state index contributed by atoms with van der Waals surface area (Å²) in [6, 6.07) is 3.91. The van der Waals surface area contributed by atoms with Crippen LogP contribution in [0.25, 0.3) is 0 Å². The lowest BCUT2D eigenvalue weighted by atomic mass is 10.2. The summed E-state index contributed by atoms with van der Waals surface area (Å²) in [5.74, 6) is -0.232. The van der Waals surface area contributed by atoms with Crippen LogP contribution in [-0.2, 0) is 6.42 Å². The fourth-order valence-electron chi connectivity index (χ4n) is 1.98. The molecule has 3 aromatic heterocycles. The Hall–Kier alpha value is -2.12. The minimum Gasteiger partial charge on any atom is -0.341 e. The van der Waals surface area contributed by atoms with Crippen molar-refractivity contribution in [3.05, 3.63) is 62.8 Å². The van der Waals surface area contributed by atoms with Crippen LogP contribution in [0.1, 0.15) is 32.1 Å². The number of thiazole rings is 1. The van der Waals surface area contributed by atoms with E-state index in [1.807, 2.05) is 23.8 Å². The van der Waals surface area contributed by atoms with Crippen LogP contribution in [0.5, 0.6) is 0 Å². The van der Waals surface area contributed by atoms with Crippen LogP contribution in [-0.4, -0.2) is 20.9 Å². The highest BCUT2D eigenvalue weighted by atomic mass is 32.1. The van der Waals surface area contributed by atoms with E-state index in [4.69, 9.17) is 0 Å². The zero-order chi connectivity index (χ0) is 15.4. The first-order chi connectivity index (χ1) is 10.7. The monoisotopic (exact) mass is 330 g/mol. The van der Waals surface area contributed by atoms with Gasteiger partial charge in [-0.25, -0.2) is 9.97 Å². The van der Waals surface area contributed by atoms with Gasteiger partial charge in [0.05, 0.1) is 17.9 Å². The number of hydrogen-bond donors (Lipinski definition) is 1. The summed E-state index contributed by atoms with van der Waals surface area (Å²) in [7, 11) is 0. The lowest BCUT2D eigenvalue weighted by molar-refractivity contribution is 0.0931. The Morgan fingerprint density at radius 1 is 1.23 bits per heavy atom. The van der Waals surface area contributed by atoms with Gasteiger partial charge in [-0.1, -0.05) is 6.07 Å². The van der Waals surface area contributed by atoms with Crippen LogP contribution >= 0.6 is 22.7 Å². The van der Waals surface area contributed by atoms with E-state index < -0.39 is 0 Å². The summed E-state index contributed by atoms with van der Waals surface area (Å²) in [6.07, 6.45) is 5.55. The van der Waals surface area contributed by atoms with Crippen molar-refractivity contribution in [1.29, 1.82) is 0 Å². The third-order valence-corrected chi connectivity index (χ3v) is 4.84. The third kappa shape index (κ3) is 3.55. The molecule has 5 nitrogen and oxygen atoms in total. The van der Waals surface area contributed by atoms with Gasteiger partial charge in [-0.15, -0.1) is 22.7 Å². The van der Waals surface area contributed by atoms with Crippen LogP contribution in [0.4, 0.5) is 0 Å². The number of carbonyl (C=O) groups excluding carboxylic acids is 1. The van der Waals surface area contributed by atoms with Gasteiger partial charge < -0.3 is 5.32 Å². The molecule has 0 bridgehead atoms. The Morgan fingerprint density at radius 2 is 2.14 bits per heavy atom. The molecule has 3 rings (SSSR count). The van der Waals surface area contributed by atoms with Crippen LogP contribution in [0.2, 0.25) is 0 Å². The number of carbonyl (C=O) groups is 1. The predicted octanol–water partition coefficient (Wildman–Crippen LogP) is 3.02. The Labute approximate surface area is 136 Å². The summed E-state index contributed by atoms with van der Waals surface area (Å²) in [6.45, 7) is 1.84. The highest BCUT2D eigenvalue weighted by Gasteiger charge is 2.19. The van der Waals surface area contributed by atoms with E-state index in [-0.39, 0.29) is 11.9 Å². The maximum absolute atomic E-state index is 12.4. The summed E-state index contributed by atoms with van der Waals surface area (Å²) in [4.78, 5) is 26.1. The van der Waals surface area contributed by atoms with Crippen LogP contribution in [0.3, 0.4) is 0 Å². The highest BCUT2D eigenvalue weighted by molar-refractivity contribution is 7.10. The molecule has 0 aliphatic carbocycles. The molecule has 1 amide bonds. The summed E-state index contributed by atoms with van der Waals surface area (Å²) in [5.41, 5.74) is 1.10. The average Bonchev–Trinajstić information content (AvgIpc) is 3.20. The molecule has 3 heterocycles. The second-order valence-electron chi connectivity index (χ2n) is 4.72. The standard InChI is InChI=1S/C15H14N4OS2/c1-10-8-18-13(9-17-10)14(20)19-12(15-16-4-6-22-15)7-11-3-2-5-21-11/h2-6,8-9,12H,7H2,1H3,(H,19,20)/t12-/m0/s1. The molecular weight excluding hydrogens is 316 g/mol. The number of aromatic nitrogens is 3. The van der Waals surface area contributed by atoms with Gasteiger partial charge >= 0.3 is 0 Å². The molecular formula is C15H14N4OS2. The third-order valence-electron chi connectivity index (χ3n) is 3.05. The molecule has 1 atom stereocenters. The first kappa shape index (κ1) is 14.8. The van der Waals surface area contributed by atoms with Gasteiger partial charge in [-0.05, 0) is 18.4 Å². The van der Waals surface area contributed by atoms with Crippen molar-refractivity contribution in [2.45, 2.75) is 19.4 Å². The molecule has 0 spiro atoms. The van der Waals surface area contributed by atoms with Crippen LogP contribution in [0.15, 0.2) is 41.5 Å². The van der Waals surface area contributed by atoms with E-state index in [1.54, 1.807) is 23.7 Å². The second kappa shape index (κ2) is 6.76. The van der Waals surface area contributed by atoms with Gasteiger partial charge in [-0.2, -0.15) is 0 Å². The first-order valence-corrected chi connectivity index (χ1v) is 8.49. The van der Waals surface area contributed by atoms with E-state index in [1.165, 1.54) is 22.4 Å². The number of aryl methyl sites for hydroxylation is 1. The largest absolute Gasteiger partial charge is 0.341 e. The van der Waals surface area contributed by atoms with Crippen molar-refractivity contribution in [1.82, 2.24) is 20.3 Å². The minimum atomic E-state index is -0.232.